The van der Waals surface area contributed by atoms with E-state index >= 15 is 0 Å². The van der Waals surface area contributed by atoms with Crippen molar-refractivity contribution in [3.8, 4) is 5.75 Å². The second kappa shape index (κ2) is 5.53. The molecule has 7 nitrogen and oxygen atoms in total. The Balaban J connectivity index is 1.88. The summed E-state index contributed by atoms with van der Waals surface area (Å²) in [5, 5.41) is 10.9. The van der Waals surface area contributed by atoms with Crippen LogP contribution in [0.25, 0.3) is 11.0 Å². The first-order chi connectivity index (χ1) is 11.0. The van der Waals surface area contributed by atoms with Crippen molar-refractivity contribution in [1.29, 1.82) is 0 Å². The number of carbonyl (C=O) groups is 1. The van der Waals surface area contributed by atoms with Crippen molar-refractivity contribution >= 4 is 22.7 Å². The Hall–Kier alpha value is -3.22. The maximum Gasteiger partial charge on any atom is 0.343 e. The maximum absolute atomic E-state index is 12.2. The number of carbonyl (C=O) groups excluding carboxylic acids is 1. The van der Waals surface area contributed by atoms with Crippen LogP contribution in [-0.2, 0) is 7.05 Å². The van der Waals surface area contributed by atoms with Crippen LogP contribution in [0.5, 0.6) is 5.75 Å². The smallest absolute Gasteiger partial charge is 0.343 e. The lowest BCUT2D eigenvalue weighted by Crippen LogP contribution is -2.09. The molecular formula is C16H13N3O4. The molecule has 1 heterocycles. The van der Waals surface area contributed by atoms with Gasteiger partial charge in [0.15, 0.2) is 0 Å². The van der Waals surface area contributed by atoms with E-state index < -0.39 is 10.9 Å². The molecule has 0 bridgehead atoms. The van der Waals surface area contributed by atoms with E-state index in [1.807, 2.05) is 11.6 Å². The molecule has 0 aliphatic carbocycles. The van der Waals surface area contributed by atoms with Gasteiger partial charge in [0.2, 0.25) is 0 Å². The molecule has 7 heteroatoms. The average molecular weight is 311 g/mol. The molecule has 0 amide bonds. The van der Waals surface area contributed by atoms with Crippen molar-refractivity contribution in [3.05, 3.63) is 64.0 Å². The third kappa shape index (κ3) is 2.76. The summed E-state index contributed by atoms with van der Waals surface area (Å²) in [7, 11) is 1.87. The van der Waals surface area contributed by atoms with Gasteiger partial charge < -0.3 is 9.30 Å². The zero-order valence-corrected chi connectivity index (χ0v) is 12.5. The number of rotatable bonds is 3. The van der Waals surface area contributed by atoms with Crippen molar-refractivity contribution in [2.45, 2.75) is 6.92 Å². The predicted molar refractivity (Wildman–Crippen MR) is 83.5 cm³/mol. The summed E-state index contributed by atoms with van der Waals surface area (Å²) in [6.45, 7) is 1.61. The lowest BCUT2D eigenvalue weighted by atomic mass is 10.1. The molecule has 0 saturated carbocycles. The molecule has 0 saturated heterocycles. The molecule has 1 aromatic heterocycles. The third-order valence-electron chi connectivity index (χ3n) is 3.55. The van der Waals surface area contributed by atoms with Crippen molar-refractivity contribution in [1.82, 2.24) is 9.55 Å². The zero-order chi connectivity index (χ0) is 16.6. The normalized spacial score (nSPS) is 10.7. The number of aryl methyl sites for hydroxylation is 2. The van der Waals surface area contributed by atoms with Crippen LogP contribution < -0.4 is 4.74 Å². The average Bonchev–Trinajstić information content (AvgIpc) is 2.88. The first-order valence-corrected chi connectivity index (χ1v) is 6.84. The highest BCUT2D eigenvalue weighted by Crippen LogP contribution is 2.23. The van der Waals surface area contributed by atoms with Crippen LogP contribution in [0.15, 0.2) is 42.7 Å². The molecule has 3 rings (SSSR count). The van der Waals surface area contributed by atoms with Gasteiger partial charge in [0, 0.05) is 24.7 Å². The standard InChI is InChI=1S/C16H13N3O4/c1-10-3-4-11(7-15(10)19(21)22)16(20)23-12-5-6-14-13(8-12)17-9-18(14)2/h3-9H,1-2H3. The molecule has 0 radical (unpaired) electrons. The molecule has 0 unspecified atom stereocenters. The van der Waals surface area contributed by atoms with Crippen LogP contribution >= 0.6 is 0 Å². The minimum absolute atomic E-state index is 0.111. The molecule has 0 N–H and O–H groups in total. The number of hydrogen-bond donors (Lipinski definition) is 0. The lowest BCUT2D eigenvalue weighted by Gasteiger charge is -2.05. The molecule has 0 aliphatic rings. The second-order valence-corrected chi connectivity index (χ2v) is 5.15. The van der Waals surface area contributed by atoms with Crippen molar-refractivity contribution in [2.75, 3.05) is 0 Å². The Morgan fingerprint density at radius 3 is 2.78 bits per heavy atom. The number of nitrogens with zero attached hydrogens (tertiary/aromatic N) is 3. The number of imidazole rings is 1. The summed E-state index contributed by atoms with van der Waals surface area (Å²) in [4.78, 5) is 26.8. The molecule has 0 fully saturated rings. The highest BCUT2D eigenvalue weighted by molar-refractivity contribution is 5.92. The van der Waals surface area contributed by atoms with Gasteiger partial charge in [-0.25, -0.2) is 9.78 Å². The fraction of sp³-hybridized carbons (Fsp3) is 0.125. The van der Waals surface area contributed by atoms with Crippen LogP contribution in [0.4, 0.5) is 5.69 Å². The number of ether oxygens (including phenoxy) is 1. The maximum atomic E-state index is 12.2. The Morgan fingerprint density at radius 1 is 1.26 bits per heavy atom. The minimum atomic E-state index is -0.650. The number of nitro groups is 1. The molecule has 3 aromatic rings. The van der Waals surface area contributed by atoms with Gasteiger partial charge in [0.1, 0.15) is 5.75 Å². The Morgan fingerprint density at radius 2 is 2.04 bits per heavy atom. The summed E-state index contributed by atoms with van der Waals surface area (Å²) in [5.41, 5.74) is 2.12. The summed E-state index contributed by atoms with van der Waals surface area (Å²) in [6.07, 6.45) is 1.67. The molecule has 0 atom stereocenters. The molecule has 0 spiro atoms. The number of aromatic nitrogens is 2. The van der Waals surface area contributed by atoms with E-state index in [0.29, 0.717) is 16.8 Å². The quantitative estimate of drug-likeness (QED) is 0.321. The molecule has 116 valence electrons. The van der Waals surface area contributed by atoms with Gasteiger partial charge in [0.25, 0.3) is 5.69 Å². The third-order valence-corrected chi connectivity index (χ3v) is 3.55. The lowest BCUT2D eigenvalue weighted by molar-refractivity contribution is -0.385. The van der Waals surface area contributed by atoms with Gasteiger partial charge in [-0.2, -0.15) is 0 Å². The van der Waals surface area contributed by atoms with Crippen LogP contribution in [-0.4, -0.2) is 20.4 Å². The Labute approximate surface area is 131 Å². The van der Waals surface area contributed by atoms with E-state index in [1.165, 1.54) is 18.2 Å². The van der Waals surface area contributed by atoms with E-state index in [9.17, 15) is 14.9 Å². The van der Waals surface area contributed by atoms with E-state index in [0.717, 1.165) is 5.52 Å². The number of benzene rings is 2. The number of fused-ring (bicyclic) bond motifs is 1. The first kappa shape index (κ1) is 14.7. The van der Waals surface area contributed by atoms with Crippen LogP contribution in [0.1, 0.15) is 15.9 Å². The number of hydrogen-bond acceptors (Lipinski definition) is 5. The Bertz CT molecular complexity index is 930. The number of esters is 1. The van der Waals surface area contributed by atoms with Crippen LogP contribution in [0.3, 0.4) is 0 Å². The van der Waals surface area contributed by atoms with Crippen molar-refractivity contribution in [2.24, 2.45) is 7.05 Å². The molecular weight excluding hydrogens is 298 g/mol. The van der Waals surface area contributed by atoms with Crippen LogP contribution in [0, 0.1) is 17.0 Å². The topological polar surface area (TPSA) is 87.3 Å². The molecule has 2 aromatic carbocycles. The number of nitro benzene ring substituents is 1. The van der Waals surface area contributed by atoms with E-state index in [-0.39, 0.29) is 11.3 Å². The SMILES string of the molecule is Cc1ccc(C(=O)Oc2ccc3c(c2)ncn3C)cc1[N+](=O)[O-]. The Kier molecular flexibility index (Phi) is 3.53. The van der Waals surface area contributed by atoms with Gasteiger partial charge in [0.05, 0.1) is 27.8 Å². The van der Waals surface area contributed by atoms with E-state index in [1.54, 1.807) is 31.5 Å². The van der Waals surface area contributed by atoms with Gasteiger partial charge >= 0.3 is 5.97 Å². The molecule has 0 aliphatic heterocycles. The van der Waals surface area contributed by atoms with Crippen molar-refractivity contribution in [3.63, 3.8) is 0 Å². The minimum Gasteiger partial charge on any atom is -0.423 e. The van der Waals surface area contributed by atoms with Crippen molar-refractivity contribution < 1.29 is 14.5 Å². The molecule has 23 heavy (non-hydrogen) atoms. The van der Waals surface area contributed by atoms with Crippen LogP contribution in [0.2, 0.25) is 0 Å². The fourth-order valence-corrected chi connectivity index (χ4v) is 2.28. The summed E-state index contributed by atoms with van der Waals surface area (Å²) in [5.74, 6) is -0.312. The van der Waals surface area contributed by atoms with Gasteiger partial charge in [-0.1, -0.05) is 6.07 Å². The van der Waals surface area contributed by atoms with E-state index in [4.69, 9.17) is 4.74 Å². The zero-order valence-electron chi connectivity index (χ0n) is 12.5. The monoisotopic (exact) mass is 311 g/mol. The summed E-state index contributed by atoms with van der Waals surface area (Å²) < 4.78 is 7.13. The van der Waals surface area contributed by atoms with E-state index in [2.05, 4.69) is 4.98 Å². The largest absolute Gasteiger partial charge is 0.423 e. The predicted octanol–water partition coefficient (Wildman–Crippen LogP) is 3.01. The first-order valence-electron chi connectivity index (χ1n) is 6.84. The van der Waals surface area contributed by atoms with Gasteiger partial charge in [-0.3, -0.25) is 10.1 Å². The highest BCUT2D eigenvalue weighted by atomic mass is 16.6. The van der Waals surface area contributed by atoms with Gasteiger partial charge in [-0.15, -0.1) is 0 Å². The second-order valence-electron chi connectivity index (χ2n) is 5.15. The summed E-state index contributed by atoms with van der Waals surface area (Å²) in [6, 6.07) is 9.35. The fourth-order valence-electron chi connectivity index (χ4n) is 2.28. The summed E-state index contributed by atoms with van der Waals surface area (Å²) >= 11 is 0. The van der Waals surface area contributed by atoms with Gasteiger partial charge in [-0.05, 0) is 25.1 Å². The highest BCUT2D eigenvalue weighted by Gasteiger charge is 2.16.